The third-order valence-electron chi connectivity index (χ3n) is 5.32. The van der Waals surface area contributed by atoms with Gasteiger partial charge in [-0.2, -0.15) is 92.2 Å². The fraction of sp³-hybridized carbons (Fsp3) is 1.00. The predicted molar refractivity (Wildman–Crippen MR) is 95.0 cm³/mol. The van der Waals surface area contributed by atoms with Crippen molar-refractivity contribution in [2.45, 2.75) is 78.9 Å². The normalized spacial score (nSPS) is 17.6. The van der Waals surface area contributed by atoms with Crippen molar-refractivity contribution in [3.63, 3.8) is 0 Å². The van der Waals surface area contributed by atoms with Gasteiger partial charge in [0, 0.05) is 11.8 Å². The summed E-state index contributed by atoms with van der Waals surface area (Å²) in [6.45, 7) is -1.65. The van der Waals surface area contributed by atoms with Crippen molar-refractivity contribution in [3.8, 4) is 0 Å². The Balaban J connectivity index is 6.54. The van der Waals surface area contributed by atoms with Gasteiger partial charge in [0.05, 0.1) is 19.3 Å². The average Bonchev–Trinajstić information content (AvgIpc) is 2.79. The first-order valence-electron chi connectivity index (χ1n) is 9.90. The number of alkyl halides is 22. The third kappa shape index (κ3) is 6.02. The Morgan fingerprint density at radius 3 is 1.12 bits per heavy atom. The summed E-state index contributed by atoms with van der Waals surface area (Å²) in [5.41, 5.74) is 0. The molecule has 0 aliphatic rings. The summed E-state index contributed by atoms with van der Waals surface area (Å²) in [6, 6.07) is 0. The highest BCUT2D eigenvalue weighted by atomic mass is 79.9. The average molecular weight is 729 g/mol. The monoisotopic (exact) mass is 728 g/mol. The largest absolute Gasteiger partial charge is 0.460 e. The Labute approximate surface area is 222 Å². The summed E-state index contributed by atoms with van der Waals surface area (Å²) in [5.74, 6) is -77.9. The number of halogens is 22. The summed E-state index contributed by atoms with van der Waals surface area (Å²) < 4.78 is 283. The molecule has 0 saturated heterocycles. The van der Waals surface area contributed by atoms with Crippen LogP contribution in [0.15, 0.2) is 0 Å². The van der Waals surface area contributed by atoms with Gasteiger partial charge in [-0.15, -0.1) is 0 Å². The molecule has 0 radical (unpaired) electrons. The quantitative estimate of drug-likeness (QED) is 0.105. The van der Waals surface area contributed by atoms with Crippen LogP contribution in [0.3, 0.4) is 0 Å². The topological polar surface area (TPSA) is 29.5 Å². The van der Waals surface area contributed by atoms with Gasteiger partial charge < -0.3 is 9.84 Å². The zero-order valence-corrected chi connectivity index (χ0v) is 20.7. The van der Waals surface area contributed by atoms with Crippen molar-refractivity contribution < 1.29 is 102 Å². The zero-order valence-electron chi connectivity index (χ0n) is 19.2. The van der Waals surface area contributed by atoms with E-state index < -0.39 is 91.1 Å². The van der Waals surface area contributed by atoms with E-state index in [0.717, 1.165) is 0 Å². The molecule has 0 bridgehead atoms. The second kappa shape index (κ2) is 11.5. The van der Waals surface area contributed by atoms with E-state index in [2.05, 4.69) is 20.7 Å². The molecule has 2 unspecified atom stereocenters. The molecule has 0 fully saturated rings. The summed E-state index contributed by atoms with van der Waals surface area (Å²) in [4.78, 5) is 0. The molecular weight excluding hydrogens is 715 g/mol. The molecule has 0 heterocycles. The molecule has 41 heavy (non-hydrogen) atoms. The second-order valence-corrected chi connectivity index (χ2v) is 8.97. The third-order valence-corrected chi connectivity index (χ3v) is 6.35. The zero-order chi connectivity index (χ0) is 33.7. The minimum atomic E-state index is -9.19. The summed E-state index contributed by atoms with van der Waals surface area (Å²) >= 11 is 2.81. The Kier molecular flexibility index (Phi) is 11.2. The van der Waals surface area contributed by atoms with Crippen molar-refractivity contribution in [3.05, 3.63) is 0 Å². The molecule has 0 saturated carbocycles. The molecule has 0 aliphatic heterocycles. The van der Waals surface area contributed by atoms with Crippen LogP contribution in [-0.2, 0) is 4.74 Å². The van der Waals surface area contributed by atoms with Gasteiger partial charge in [0.1, 0.15) is 0 Å². The maximum absolute atomic E-state index is 13.8. The smallest absolute Gasteiger partial charge is 0.390 e. The van der Waals surface area contributed by atoms with E-state index in [1.807, 2.05) is 0 Å². The van der Waals surface area contributed by atoms with Crippen LogP contribution in [0, 0.1) is 5.92 Å². The fourth-order valence-electron chi connectivity index (χ4n) is 2.42. The van der Waals surface area contributed by atoms with Crippen LogP contribution in [-0.4, -0.2) is 89.2 Å². The number of ether oxygens (including phenoxy) is 1. The minimum Gasteiger partial charge on any atom is -0.390 e. The number of rotatable bonds is 15. The van der Waals surface area contributed by atoms with Crippen molar-refractivity contribution in [2.24, 2.45) is 5.92 Å². The molecule has 24 heteroatoms. The number of aliphatic hydroxyl groups is 1. The summed E-state index contributed by atoms with van der Waals surface area (Å²) in [6.07, 6.45) is -12.5. The maximum Gasteiger partial charge on any atom is 0.460 e. The highest BCUT2D eigenvalue weighted by molar-refractivity contribution is 9.09. The van der Waals surface area contributed by atoms with Crippen LogP contribution in [0.1, 0.15) is 13.3 Å². The van der Waals surface area contributed by atoms with Crippen LogP contribution in [0.2, 0.25) is 0 Å². The minimum absolute atomic E-state index is 0.00470. The van der Waals surface area contributed by atoms with Gasteiger partial charge in [-0.25, -0.2) is 0 Å². The lowest BCUT2D eigenvalue weighted by molar-refractivity contribution is -0.474. The van der Waals surface area contributed by atoms with E-state index in [1.165, 1.54) is 6.92 Å². The van der Waals surface area contributed by atoms with Gasteiger partial charge in [0.15, 0.2) is 0 Å². The highest BCUT2D eigenvalue weighted by Gasteiger charge is 2.97. The molecule has 0 amide bonds. The molecule has 0 aliphatic carbocycles. The van der Waals surface area contributed by atoms with Crippen LogP contribution in [0.5, 0.6) is 0 Å². The number of hydrogen-bond acceptors (Lipinski definition) is 2. The Bertz CT molecular complexity index is 884. The molecule has 1 N–H and O–H groups in total. The molecular formula is C17H14BrF21O2. The Morgan fingerprint density at radius 1 is 0.537 bits per heavy atom. The van der Waals surface area contributed by atoms with Gasteiger partial charge >= 0.3 is 59.5 Å². The van der Waals surface area contributed by atoms with E-state index in [-0.39, 0.29) is 5.33 Å². The van der Waals surface area contributed by atoms with Crippen molar-refractivity contribution >= 4 is 15.9 Å². The first-order chi connectivity index (χ1) is 17.6. The highest BCUT2D eigenvalue weighted by Crippen LogP contribution is 2.66. The number of hydrogen-bond donors (Lipinski definition) is 1. The Morgan fingerprint density at radius 2 is 0.829 bits per heavy atom. The van der Waals surface area contributed by atoms with E-state index in [0.29, 0.717) is 0 Å². The standard InChI is InChI=1S/C17H14BrF21O2/c1-6(4-18)7(40)5-41-3-2-8(19,20)9(21,22)10(23,24)11(25,26)12(27,28)13(29,30)14(31,32)15(33,34)16(35,36)17(37,38)39/h6-7,40H,2-5H2,1H3. The molecule has 0 aromatic carbocycles. The molecule has 0 rings (SSSR count). The summed E-state index contributed by atoms with van der Waals surface area (Å²) in [7, 11) is 0. The van der Waals surface area contributed by atoms with Gasteiger partial charge in [-0.1, -0.05) is 22.9 Å². The molecule has 0 aromatic heterocycles. The van der Waals surface area contributed by atoms with Crippen molar-refractivity contribution in [1.29, 1.82) is 0 Å². The summed E-state index contributed by atoms with van der Waals surface area (Å²) in [5, 5.41) is 9.44. The van der Waals surface area contributed by atoms with E-state index >= 15 is 0 Å². The van der Waals surface area contributed by atoms with Gasteiger partial charge in [-0.3, -0.25) is 0 Å². The molecule has 0 aromatic rings. The lowest BCUT2D eigenvalue weighted by Crippen LogP contribution is -2.76. The molecule has 248 valence electrons. The maximum atomic E-state index is 13.8. The van der Waals surface area contributed by atoms with E-state index in [1.54, 1.807) is 0 Å². The molecule has 0 spiro atoms. The van der Waals surface area contributed by atoms with Crippen LogP contribution < -0.4 is 0 Å². The Hall–Kier alpha value is -1.07. The first-order valence-corrected chi connectivity index (χ1v) is 11.0. The number of aliphatic hydroxyl groups excluding tert-OH is 1. The van der Waals surface area contributed by atoms with Crippen LogP contribution >= 0.6 is 15.9 Å². The first kappa shape index (κ1) is 39.9. The second-order valence-electron chi connectivity index (χ2n) is 8.32. The van der Waals surface area contributed by atoms with Crippen molar-refractivity contribution in [1.82, 2.24) is 0 Å². The predicted octanol–water partition coefficient (Wildman–Crippen LogP) is 8.07. The van der Waals surface area contributed by atoms with Gasteiger partial charge in [0.2, 0.25) is 0 Å². The van der Waals surface area contributed by atoms with Gasteiger partial charge in [0.25, 0.3) is 0 Å². The SMILES string of the molecule is CC(CBr)C(O)COCCC(F)(F)C(F)(F)C(F)(F)C(F)(F)C(F)(F)C(F)(F)C(F)(F)C(F)(F)C(F)(F)C(F)(F)F. The van der Waals surface area contributed by atoms with E-state index in [4.69, 9.17) is 0 Å². The van der Waals surface area contributed by atoms with E-state index in [9.17, 15) is 97.3 Å². The molecule has 2 nitrogen and oxygen atoms in total. The van der Waals surface area contributed by atoms with Crippen molar-refractivity contribution in [2.75, 3.05) is 18.5 Å². The lowest BCUT2D eigenvalue weighted by Gasteiger charge is -2.44. The van der Waals surface area contributed by atoms with Gasteiger partial charge in [-0.05, 0) is 5.92 Å². The molecule has 2 atom stereocenters. The lowest BCUT2D eigenvalue weighted by atomic mass is 9.86. The van der Waals surface area contributed by atoms with Crippen LogP contribution in [0.4, 0.5) is 92.2 Å². The fourth-order valence-corrected chi connectivity index (χ4v) is 2.85. The van der Waals surface area contributed by atoms with Crippen LogP contribution in [0.25, 0.3) is 0 Å².